The van der Waals surface area contributed by atoms with Gasteiger partial charge < -0.3 is 10.2 Å². The first-order valence-electron chi connectivity index (χ1n) is 10.1. The number of amides is 1. The molecular formula is C20H26N4O3S2. The number of hydrogen-bond acceptors (Lipinski definition) is 6. The van der Waals surface area contributed by atoms with E-state index in [9.17, 15) is 13.2 Å². The number of benzene rings is 1. The van der Waals surface area contributed by atoms with Gasteiger partial charge in [-0.05, 0) is 43.4 Å². The molecule has 2 aromatic rings. The Hall–Kier alpha value is -1.97. The highest BCUT2D eigenvalue weighted by Crippen LogP contribution is 2.27. The number of nitrogens with zero attached hydrogens (tertiary/aromatic N) is 3. The van der Waals surface area contributed by atoms with E-state index in [0.29, 0.717) is 24.5 Å². The van der Waals surface area contributed by atoms with Crippen LogP contribution in [0.2, 0.25) is 0 Å². The lowest BCUT2D eigenvalue weighted by Gasteiger charge is -2.26. The van der Waals surface area contributed by atoms with Crippen molar-refractivity contribution >= 4 is 32.4 Å². The topological polar surface area (TPSA) is 82.6 Å². The molecule has 7 nitrogen and oxygen atoms in total. The Bertz CT molecular complexity index is 923. The number of hydrogen-bond donors (Lipinski definition) is 1. The van der Waals surface area contributed by atoms with E-state index in [1.54, 1.807) is 46.1 Å². The first-order valence-corrected chi connectivity index (χ1v) is 12.4. The van der Waals surface area contributed by atoms with Crippen LogP contribution in [0.4, 0.5) is 5.13 Å². The molecule has 0 aliphatic carbocycles. The first kappa shape index (κ1) is 20.3. The number of carbonyl (C=O) groups is 1. The number of thiazole rings is 1. The minimum Gasteiger partial charge on any atom is -0.350 e. The summed E-state index contributed by atoms with van der Waals surface area (Å²) in [4.78, 5) is 19.4. The van der Waals surface area contributed by atoms with E-state index >= 15 is 0 Å². The van der Waals surface area contributed by atoms with Crippen molar-refractivity contribution in [3.63, 3.8) is 0 Å². The Labute approximate surface area is 175 Å². The molecule has 0 spiro atoms. The van der Waals surface area contributed by atoms with Gasteiger partial charge in [-0.1, -0.05) is 18.6 Å². The lowest BCUT2D eigenvalue weighted by molar-refractivity contribution is -0.122. The van der Waals surface area contributed by atoms with Crippen LogP contribution in [0.5, 0.6) is 0 Å². The van der Waals surface area contributed by atoms with Gasteiger partial charge in [0, 0.05) is 37.8 Å². The molecule has 1 atom stereocenters. The Morgan fingerprint density at radius 1 is 1.10 bits per heavy atom. The zero-order valence-electron chi connectivity index (χ0n) is 16.3. The van der Waals surface area contributed by atoms with E-state index in [2.05, 4.69) is 15.2 Å². The van der Waals surface area contributed by atoms with Gasteiger partial charge in [0.05, 0.1) is 4.90 Å². The molecule has 156 valence electrons. The van der Waals surface area contributed by atoms with Gasteiger partial charge in [0.25, 0.3) is 0 Å². The summed E-state index contributed by atoms with van der Waals surface area (Å²) >= 11 is 1.55. The normalized spacial score (nSPS) is 20.7. The standard InChI is InChI=1S/C20H26N4O3S2/c25-19(18-5-4-13-24(18)20-21-10-14-28-20)22-15-16-6-8-17(9-7-16)29(26,27)23-11-2-1-3-12-23/h6-10,14,18H,1-5,11-13,15H2,(H,22,25). The molecule has 0 bridgehead atoms. The summed E-state index contributed by atoms with van der Waals surface area (Å²) < 4.78 is 27.0. The minimum atomic E-state index is -3.42. The molecule has 1 N–H and O–H groups in total. The molecule has 3 heterocycles. The summed E-state index contributed by atoms with van der Waals surface area (Å²) in [5.41, 5.74) is 0.884. The second kappa shape index (κ2) is 8.81. The molecule has 9 heteroatoms. The average molecular weight is 435 g/mol. The smallest absolute Gasteiger partial charge is 0.243 e. The van der Waals surface area contributed by atoms with E-state index in [1.807, 2.05) is 5.38 Å². The highest BCUT2D eigenvalue weighted by molar-refractivity contribution is 7.89. The summed E-state index contributed by atoms with van der Waals surface area (Å²) in [7, 11) is -3.42. The number of aromatic nitrogens is 1. The molecule has 2 aliphatic heterocycles. The van der Waals surface area contributed by atoms with Crippen molar-refractivity contribution in [1.82, 2.24) is 14.6 Å². The van der Waals surface area contributed by atoms with Crippen LogP contribution >= 0.6 is 11.3 Å². The van der Waals surface area contributed by atoms with Crippen molar-refractivity contribution < 1.29 is 13.2 Å². The van der Waals surface area contributed by atoms with E-state index in [4.69, 9.17) is 0 Å². The fourth-order valence-corrected chi connectivity index (χ4v) is 6.20. The molecule has 29 heavy (non-hydrogen) atoms. The van der Waals surface area contributed by atoms with Crippen LogP contribution < -0.4 is 10.2 Å². The van der Waals surface area contributed by atoms with Crippen molar-refractivity contribution in [1.29, 1.82) is 0 Å². The highest BCUT2D eigenvalue weighted by Gasteiger charge is 2.32. The van der Waals surface area contributed by atoms with Gasteiger partial charge in [-0.25, -0.2) is 13.4 Å². The van der Waals surface area contributed by atoms with Crippen LogP contribution in [0.15, 0.2) is 40.7 Å². The molecule has 1 aromatic heterocycles. The van der Waals surface area contributed by atoms with E-state index in [0.717, 1.165) is 49.3 Å². The van der Waals surface area contributed by atoms with Gasteiger partial charge in [-0.2, -0.15) is 4.31 Å². The lowest BCUT2D eigenvalue weighted by atomic mass is 10.2. The maximum atomic E-state index is 12.7. The predicted octanol–water partition coefficient (Wildman–Crippen LogP) is 2.60. The number of nitrogens with one attached hydrogen (secondary N) is 1. The fraction of sp³-hybridized carbons (Fsp3) is 0.500. The second-order valence-corrected chi connectivity index (χ2v) is 10.3. The zero-order valence-corrected chi connectivity index (χ0v) is 17.9. The van der Waals surface area contributed by atoms with Gasteiger partial charge in [0.15, 0.2) is 5.13 Å². The van der Waals surface area contributed by atoms with Gasteiger partial charge in [0.1, 0.15) is 6.04 Å². The van der Waals surface area contributed by atoms with Crippen LogP contribution in [-0.4, -0.2) is 49.3 Å². The Morgan fingerprint density at radius 2 is 1.86 bits per heavy atom. The molecule has 4 rings (SSSR count). The maximum absolute atomic E-state index is 12.7. The molecule has 2 fully saturated rings. The lowest BCUT2D eigenvalue weighted by Crippen LogP contribution is -2.43. The average Bonchev–Trinajstić information content (AvgIpc) is 3.44. The number of anilines is 1. The third-order valence-corrected chi connectivity index (χ3v) is 8.28. The number of sulfonamides is 1. The third-order valence-electron chi connectivity index (χ3n) is 5.56. The highest BCUT2D eigenvalue weighted by atomic mass is 32.2. The summed E-state index contributed by atoms with van der Waals surface area (Å²) in [5, 5.41) is 5.79. The summed E-state index contributed by atoms with van der Waals surface area (Å²) in [5.74, 6) is -0.0114. The second-order valence-electron chi connectivity index (χ2n) is 7.49. The molecule has 1 aromatic carbocycles. The molecule has 2 aliphatic rings. The van der Waals surface area contributed by atoms with Crippen LogP contribution in [0.3, 0.4) is 0 Å². The first-order chi connectivity index (χ1) is 14.1. The molecule has 1 unspecified atom stereocenters. The largest absolute Gasteiger partial charge is 0.350 e. The summed E-state index contributed by atoms with van der Waals surface area (Å²) in [6, 6.07) is 6.65. The molecule has 0 saturated carbocycles. The fourth-order valence-electron chi connectivity index (χ4n) is 3.97. The number of piperidine rings is 1. The van der Waals surface area contributed by atoms with Gasteiger partial charge in [-0.15, -0.1) is 11.3 Å². The molecule has 2 saturated heterocycles. The Morgan fingerprint density at radius 3 is 2.55 bits per heavy atom. The molecule has 0 radical (unpaired) electrons. The van der Waals surface area contributed by atoms with E-state index in [-0.39, 0.29) is 11.9 Å². The van der Waals surface area contributed by atoms with Crippen molar-refractivity contribution in [3.05, 3.63) is 41.4 Å². The molecular weight excluding hydrogens is 408 g/mol. The van der Waals surface area contributed by atoms with Gasteiger partial charge in [0.2, 0.25) is 15.9 Å². The number of rotatable bonds is 6. The SMILES string of the molecule is O=C(NCc1ccc(S(=O)(=O)N2CCCCC2)cc1)C1CCCN1c1nccs1. The van der Waals surface area contributed by atoms with Crippen LogP contribution in [0, 0.1) is 0 Å². The quantitative estimate of drug-likeness (QED) is 0.756. The third kappa shape index (κ3) is 4.46. The van der Waals surface area contributed by atoms with Crippen LogP contribution in [-0.2, 0) is 21.4 Å². The number of carbonyl (C=O) groups excluding carboxylic acids is 1. The van der Waals surface area contributed by atoms with Crippen LogP contribution in [0.1, 0.15) is 37.7 Å². The molecule has 1 amide bonds. The monoisotopic (exact) mass is 434 g/mol. The summed E-state index contributed by atoms with van der Waals surface area (Å²) in [6.07, 6.45) is 6.47. The predicted molar refractivity (Wildman–Crippen MR) is 113 cm³/mol. The minimum absolute atomic E-state index is 0.0114. The summed E-state index contributed by atoms with van der Waals surface area (Å²) in [6.45, 7) is 2.41. The zero-order chi connectivity index (χ0) is 20.3. The van der Waals surface area contributed by atoms with Crippen molar-refractivity contribution in [2.75, 3.05) is 24.5 Å². The van der Waals surface area contributed by atoms with Crippen molar-refractivity contribution in [3.8, 4) is 0 Å². The van der Waals surface area contributed by atoms with Crippen molar-refractivity contribution in [2.24, 2.45) is 0 Å². The van der Waals surface area contributed by atoms with Gasteiger partial charge >= 0.3 is 0 Å². The van der Waals surface area contributed by atoms with E-state index < -0.39 is 10.0 Å². The Kier molecular flexibility index (Phi) is 6.17. The van der Waals surface area contributed by atoms with Crippen molar-refractivity contribution in [2.45, 2.75) is 49.6 Å². The van der Waals surface area contributed by atoms with E-state index in [1.165, 1.54) is 0 Å². The van der Waals surface area contributed by atoms with Gasteiger partial charge in [-0.3, -0.25) is 4.79 Å². The Balaban J connectivity index is 1.36. The maximum Gasteiger partial charge on any atom is 0.243 e. The van der Waals surface area contributed by atoms with Crippen LogP contribution in [0.25, 0.3) is 0 Å².